The Balaban J connectivity index is 3.19. The van der Waals surface area contributed by atoms with Gasteiger partial charge in [0.25, 0.3) is 5.91 Å². The number of carbonyl (C=O) groups excluding carboxylic acids is 3. The van der Waals surface area contributed by atoms with Gasteiger partial charge in [-0.1, -0.05) is 0 Å². The standard InChI is InChI=1S/C15H20F3N3O5/c1-7-6-8(10(25-7)15(16,17)18)11(22)21-9(12(23)19-4)14(2,3)26-13(24)20-5/h6,9H,1-5H3,(H,19,23)(H,20,24)(H,21,22). The van der Waals surface area contributed by atoms with Crippen LogP contribution in [-0.2, 0) is 15.7 Å². The second kappa shape index (κ2) is 7.67. The number of alkyl carbamates (subject to hydrolysis) is 1. The fourth-order valence-corrected chi connectivity index (χ4v) is 2.15. The highest BCUT2D eigenvalue weighted by molar-refractivity contribution is 5.99. The van der Waals surface area contributed by atoms with Crippen LogP contribution in [0.2, 0.25) is 0 Å². The van der Waals surface area contributed by atoms with Gasteiger partial charge in [0, 0.05) is 14.1 Å². The van der Waals surface area contributed by atoms with Crippen molar-refractivity contribution in [2.24, 2.45) is 0 Å². The minimum Gasteiger partial charge on any atom is -0.456 e. The fourth-order valence-electron chi connectivity index (χ4n) is 2.15. The summed E-state index contributed by atoms with van der Waals surface area (Å²) in [6, 6.07) is -0.556. The molecule has 1 heterocycles. The van der Waals surface area contributed by atoms with Gasteiger partial charge in [-0.25, -0.2) is 4.79 Å². The van der Waals surface area contributed by atoms with Gasteiger partial charge in [-0.3, -0.25) is 9.59 Å². The third-order valence-corrected chi connectivity index (χ3v) is 3.40. The van der Waals surface area contributed by atoms with Gasteiger partial charge in [0.15, 0.2) is 0 Å². The zero-order valence-corrected chi connectivity index (χ0v) is 14.8. The highest BCUT2D eigenvalue weighted by Gasteiger charge is 2.43. The Hall–Kier alpha value is -2.72. The summed E-state index contributed by atoms with van der Waals surface area (Å²) in [4.78, 5) is 35.9. The molecule has 26 heavy (non-hydrogen) atoms. The molecule has 3 N–H and O–H groups in total. The molecule has 1 aromatic heterocycles. The molecule has 146 valence electrons. The molecule has 3 amide bonds. The third kappa shape index (κ3) is 4.90. The Labute approximate surface area is 147 Å². The molecule has 0 radical (unpaired) electrons. The number of alkyl halides is 3. The fraction of sp³-hybridized carbons (Fsp3) is 0.533. The Morgan fingerprint density at radius 3 is 2.19 bits per heavy atom. The summed E-state index contributed by atoms with van der Waals surface area (Å²) in [5, 5.41) is 6.60. The van der Waals surface area contributed by atoms with E-state index in [0.29, 0.717) is 0 Å². The van der Waals surface area contributed by atoms with Crippen LogP contribution < -0.4 is 16.0 Å². The van der Waals surface area contributed by atoms with E-state index in [1.807, 2.05) is 0 Å². The first-order valence-corrected chi connectivity index (χ1v) is 7.44. The van der Waals surface area contributed by atoms with E-state index in [-0.39, 0.29) is 5.76 Å². The Morgan fingerprint density at radius 1 is 1.15 bits per heavy atom. The number of nitrogens with one attached hydrogen (secondary N) is 3. The predicted octanol–water partition coefficient (Wildman–Crippen LogP) is 1.59. The van der Waals surface area contributed by atoms with Crippen LogP contribution in [-0.4, -0.2) is 43.6 Å². The van der Waals surface area contributed by atoms with E-state index in [1.54, 1.807) is 0 Å². The molecule has 1 rings (SSSR count). The molecule has 0 saturated heterocycles. The lowest BCUT2D eigenvalue weighted by atomic mass is 9.97. The molecule has 0 saturated carbocycles. The molecule has 8 nitrogen and oxygen atoms in total. The minimum atomic E-state index is -4.89. The van der Waals surface area contributed by atoms with E-state index < -0.39 is 47.1 Å². The molecule has 0 aliphatic heterocycles. The minimum absolute atomic E-state index is 0.125. The molecule has 0 bridgehead atoms. The van der Waals surface area contributed by atoms with Crippen LogP contribution in [0, 0.1) is 6.92 Å². The van der Waals surface area contributed by atoms with Crippen LogP contribution in [0.15, 0.2) is 10.5 Å². The first-order valence-electron chi connectivity index (χ1n) is 7.44. The summed E-state index contributed by atoms with van der Waals surface area (Å²) in [6.07, 6.45) is -5.77. The molecule has 1 aromatic rings. The van der Waals surface area contributed by atoms with E-state index in [4.69, 9.17) is 4.74 Å². The van der Waals surface area contributed by atoms with Crippen LogP contribution in [0.3, 0.4) is 0 Å². The number of furan rings is 1. The number of rotatable bonds is 5. The summed E-state index contributed by atoms with van der Waals surface area (Å²) in [6.45, 7) is 3.91. The molecule has 11 heteroatoms. The molecule has 0 aromatic carbocycles. The number of hydrogen-bond acceptors (Lipinski definition) is 5. The van der Waals surface area contributed by atoms with Gasteiger partial charge >= 0.3 is 12.3 Å². The van der Waals surface area contributed by atoms with Crippen molar-refractivity contribution in [2.75, 3.05) is 14.1 Å². The number of aryl methyl sites for hydroxylation is 1. The Bertz CT molecular complexity index is 697. The largest absolute Gasteiger partial charge is 0.456 e. The van der Waals surface area contributed by atoms with Gasteiger partial charge in [-0.2, -0.15) is 13.2 Å². The maximum Gasteiger partial charge on any atom is 0.450 e. The molecule has 0 spiro atoms. The smallest absolute Gasteiger partial charge is 0.450 e. The van der Waals surface area contributed by atoms with Crippen LogP contribution in [0.5, 0.6) is 0 Å². The van der Waals surface area contributed by atoms with Crippen LogP contribution >= 0.6 is 0 Å². The van der Waals surface area contributed by atoms with Crippen molar-refractivity contribution in [1.82, 2.24) is 16.0 Å². The van der Waals surface area contributed by atoms with Gasteiger partial charge in [0.2, 0.25) is 11.7 Å². The van der Waals surface area contributed by atoms with Crippen molar-refractivity contribution in [2.45, 2.75) is 38.6 Å². The highest BCUT2D eigenvalue weighted by atomic mass is 19.4. The molecule has 1 unspecified atom stereocenters. The number of carbonyl (C=O) groups is 3. The van der Waals surface area contributed by atoms with E-state index in [2.05, 4.69) is 20.4 Å². The van der Waals surface area contributed by atoms with Gasteiger partial charge in [0.1, 0.15) is 17.4 Å². The van der Waals surface area contributed by atoms with Crippen molar-refractivity contribution in [3.8, 4) is 0 Å². The average Bonchev–Trinajstić information content (AvgIpc) is 2.93. The lowest BCUT2D eigenvalue weighted by molar-refractivity contribution is -0.153. The lowest BCUT2D eigenvalue weighted by Crippen LogP contribution is -2.59. The average molecular weight is 379 g/mol. The first-order chi connectivity index (χ1) is 11.8. The topological polar surface area (TPSA) is 110 Å². The number of likely N-dealkylation sites (N-methyl/N-ethyl adjacent to an activating group) is 1. The Morgan fingerprint density at radius 2 is 1.73 bits per heavy atom. The third-order valence-electron chi connectivity index (χ3n) is 3.40. The summed E-state index contributed by atoms with van der Waals surface area (Å²) in [5.74, 6) is -3.56. The lowest BCUT2D eigenvalue weighted by Gasteiger charge is -2.32. The van der Waals surface area contributed by atoms with E-state index >= 15 is 0 Å². The number of halogens is 3. The van der Waals surface area contributed by atoms with E-state index in [1.165, 1.54) is 34.9 Å². The van der Waals surface area contributed by atoms with Gasteiger partial charge in [0.05, 0.1) is 5.56 Å². The molecule has 0 aliphatic rings. The maximum atomic E-state index is 13.0. The second-order valence-corrected chi connectivity index (χ2v) is 5.86. The van der Waals surface area contributed by atoms with Crippen molar-refractivity contribution in [1.29, 1.82) is 0 Å². The van der Waals surface area contributed by atoms with Crippen LogP contribution in [0.1, 0.15) is 35.7 Å². The quantitative estimate of drug-likeness (QED) is 0.720. The summed E-state index contributed by atoms with van der Waals surface area (Å²) in [5.41, 5.74) is -2.34. The molecule has 0 aliphatic carbocycles. The zero-order valence-electron chi connectivity index (χ0n) is 14.8. The first kappa shape index (κ1) is 21.3. The molecule has 0 fully saturated rings. The molecule has 1 atom stereocenters. The zero-order chi connectivity index (χ0) is 20.3. The second-order valence-electron chi connectivity index (χ2n) is 5.86. The van der Waals surface area contributed by atoms with Crippen molar-refractivity contribution in [3.05, 3.63) is 23.2 Å². The van der Waals surface area contributed by atoms with Crippen molar-refractivity contribution < 1.29 is 36.7 Å². The van der Waals surface area contributed by atoms with Crippen molar-refractivity contribution in [3.63, 3.8) is 0 Å². The van der Waals surface area contributed by atoms with Gasteiger partial charge < -0.3 is 25.1 Å². The van der Waals surface area contributed by atoms with Crippen molar-refractivity contribution >= 4 is 17.9 Å². The number of ether oxygens (including phenoxy) is 1. The van der Waals surface area contributed by atoms with E-state index in [0.717, 1.165) is 6.07 Å². The summed E-state index contributed by atoms with van der Waals surface area (Å²) < 4.78 is 48.6. The summed E-state index contributed by atoms with van der Waals surface area (Å²) >= 11 is 0. The SMILES string of the molecule is CNC(=O)OC(C)(C)C(NC(=O)c1cc(C)oc1C(F)(F)F)C(=O)NC. The van der Waals surface area contributed by atoms with Crippen LogP contribution in [0.25, 0.3) is 0 Å². The summed E-state index contributed by atoms with van der Waals surface area (Å²) in [7, 11) is 2.55. The normalized spacial score (nSPS) is 12.9. The predicted molar refractivity (Wildman–Crippen MR) is 83.4 cm³/mol. The molecular formula is C15H20F3N3O5. The van der Waals surface area contributed by atoms with Gasteiger partial charge in [-0.15, -0.1) is 0 Å². The number of amides is 3. The molecular weight excluding hydrogens is 359 g/mol. The number of hydrogen-bond donors (Lipinski definition) is 3. The Kier molecular flexibility index (Phi) is 6.29. The van der Waals surface area contributed by atoms with E-state index in [9.17, 15) is 27.6 Å². The highest BCUT2D eigenvalue weighted by Crippen LogP contribution is 2.34. The monoisotopic (exact) mass is 379 g/mol. The van der Waals surface area contributed by atoms with Gasteiger partial charge in [-0.05, 0) is 26.8 Å². The van der Waals surface area contributed by atoms with Crippen LogP contribution in [0.4, 0.5) is 18.0 Å². The maximum absolute atomic E-state index is 13.0.